The summed E-state index contributed by atoms with van der Waals surface area (Å²) in [6.45, 7) is 4.24. The van der Waals surface area contributed by atoms with Gasteiger partial charge in [0.2, 0.25) is 0 Å². The molecule has 0 saturated heterocycles. The van der Waals surface area contributed by atoms with E-state index < -0.39 is 0 Å². The van der Waals surface area contributed by atoms with Crippen molar-refractivity contribution in [3.63, 3.8) is 0 Å². The average molecular weight is 577 g/mol. The Labute approximate surface area is 257 Å². The molecule has 0 aliphatic carbocycles. The lowest BCUT2D eigenvalue weighted by atomic mass is 10.0. The molecule has 0 nitrogen and oxygen atoms in total. The lowest BCUT2D eigenvalue weighted by Gasteiger charge is -2.09. The highest BCUT2D eigenvalue weighted by Gasteiger charge is 2.24. The molecule has 1 aliphatic heterocycles. The van der Waals surface area contributed by atoms with Crippen molar-refractivity contribution in [2.24, 2.45) is 0 Å². The first-order valence-corrected chi connectivity index (χ1v) is 16.2. The number of hydrogen-bond donors (Lipinski definition) is 0. The Morgan fingerprint density at radius 1 is 0.571 bits per heavy atom. The van der Waals surface area contributed by atoms with Gasteiger partial charge in [0.05, 0.1) is 0 Å². The first-order valence-electron chi connectivity index (χ1n) is 14.5. The Morgan fingerprint density at radius 2 is 1.07 bits per heavy atom. The number of thioether (sulfide) groups is 1. The van der Waals surface area contributed by atoms with Crippen LogP contribution in [0.5, 0.6) is 0 Å². The fraction of sp³-hybridized carbons (Fsp3) is 0.100. The number of rotatable bonds is 6. The van der Waals surface area contributed by atoms with Crippen molar-refractivity contribution < 1.29 is 0 Å². The molecule has 2 heterocycles. The molecular formula is C40H32S2. The summed E-state index contributed by atoms with van der Waals surface area (Å²) < 4.78 is 1.38. The van der Waals surface area contributed by atoms with Crippen molar-refractivity contribution in [3.8, 4) is 10.4 Å². The number of benzene rings is 5. The lowest BCUT2D eigenvalue weighted by molar-refractivity contribution is 0.952. The van der Waals surface area contributed by atoms with E-state index in [-0.39, 0.29) is 0 Å². The summed E-state index contributed by atoms with van der Waals surface area (Å²) in [5.74, 6) is 0. The minimum atomic E-state index is 0.478. The molecule has 1 aromatic heterocycles. The second-order valence-corrected chi connectivity index (χ2v) is 13.5. The van der Waals surface area contributed by atoms with Crippen LogP contribution in [-0.4, -0.2) is 0 Å². The fourth-order valence-corrected chi connectivity index (χ4v) is 7.89. The van der Waals surface area contributed by atoms with Gasteiger partial charge in [0.1, 0.15) is 0 Å². The molecule has 0 amide bonds. The molecule has 0 saturated carbocycles. The van der Waals surface area contributed by atoms with Crippen molar-refractivity contribution in [1.29, 1.82) is 0 Å². The summed E-state index contributed by atoms with van der Waals surface area (Å²) in [7, 11) is 0. The molecule has 0 radical (unpaired) electrons. The summed E-state index contributed by atoms with van der Waals surface area (Å²) in [5.41, 5.74) is 11.7. The second-order valence-electron chi connectivity index (χ2n) is 11.2. The number of thiophene rings is 1. The minimum absolute atomic E-state index is 0.478. The van der Waals surface area contributed by atoms with Gasteiger partial charge in [0.25, 0.3) is 0 Å². The first kappa shape index (κ1) is 26.8. The topological polar surface area (TPSA) is 0 Å². The molecule has 1 unspecified atom stereocenters. The number of fused-ring (bicyclic) bond motifs is 2. The van der Waals surface area contributed by atoms with Crippen molar-refractivity contribution in [2.75, 3.05) is 0 Å². The maximum absolute atomic E-state index is 2.43. The van der Waals surface area contributed by atoms with Crippen molar-refractivity contribution in [2.45, 2.75) is 30.4 Å². The Hall–Kier alpha value is -4.11. The molecule has 1 aliphatic rings. The van der Waals surface area contributed by atoms with E-state index in [9.17, 15) is 0 Å². The minimum Gasteiger partial charge on any atom is -0.135 e. The maximum atomic E-state index is 2.43. The van der Waals surface area contributed by atoms with Gasteiger partial charge in [-0.3, -0.25) is 0 Å². The van der Waals surface area contributed by atoms with Gasteiger partial charge < -0.3 is 0 Å². The quantitative estimate of drug-likeness (QED) is 0.178. The van der Waals surface area contributed by atoms with Crippen LogP contribution >= 0.6 is 23.1 Å². The zero-order valence-electron chi connectivity index (χ0n) is 23.9. The Bertz CT molecular complexity index is 1860. The van der Waals surface area contributed by atoms with Gasteiger partial charge in [-0.05, 0) is 82.8 Å². The highest BCUT2D eigenvalue weighted by molar-refractivity contribution is 7.99. The molecule has 6 aromatic rings. The predicted octanol–water partition coefficient (Wildman–Crippen LogP) is 11.9. The summed E-state index contributed by atoms with van der Waals surface area (Å²) in [5, 5.41) is 1.83. The molecule has 204 valence electrons. The third-order valence-corrected chi connectivity index (χ3v) is 10.5. The Morgan fingerprint density at radius 3 is 1.62 bits per heavy atom. The van der Waals surface area contributed by atoms with Crippen LogP contribution in [0.1, 0.15) is 49.8 Å². The van der Waals surface area contributed by atoms with Crippen LogP contribution in [-0.2, 0) is 6.42 Å². The summed E-state index contributed by atoms with van der Waals surface area (Å²) >= 11 is 3.91. The second kappa shape index (κ2) is 11.6. The molecule has 0 N–H and O–H groups in total. The zero-order valence-corrected chi connectivity index (χ0v) is 25.5. The third kappa shape index (κ3) is 5.92. The Kier molecular flexibility index (Phi) is 7.42. The van der Waals surface area contributed by atoms with Crippen molar-refractivity contribution >= 4 is 57.5 Å². The van der Waals surface area contributed by atoms with Crippen LogP contribution in [0.4, 0.5) is 0 Å². The van der Waals surface area contributed by atoms with Crippen molar-refractivity contribution in [3.05, 3.63) is 160 Å². The van der Waals surface area contributed by atoms with Crippen LogP contribution in [0, 0.1) is 13.8 Å². The first-order chi connectivity index (χ1) is 20.6. The van der Waals surface area contributed by atoms with Crippen LogP contribution in [0.2, 0.25) is 0 Å². The van der Waals surface area contributed by atoms with E-state index in [1.807, 2.05) is 23.1 Å². The van der Waals surface area contributed by atoms with Gasteiger partial charge in [0, 0.05) is 19.7 Å². The van der Waals surface area contributed by atoms with Crippen LogP contribution in [0.3, 0.4) is 0 Å². The van der Waals surface area contributed by atoms with E-state index in [4.69, 9.17) is 0 Å². The van der Waals surface area contributed by atoms with Gasteiger partial charge in [0.15, 0.2) is 0 Å². The summed E-state index contributed by atoms with van der Waals surface area (Å²) in [6.07, 6.45) is 9.84. The van der Waals surface area contributed by atoms with Gasteiger partial charge in [-0.15, -0.1) is 23.1 Å². The normalized spacial score (nSPS) is 14.8. The van der Waals surface area contributed by atoms with E-state index in [1.165, 1.54) is 69.9 Å². The van der Waals surface area contributed by atoms with Gasteiger partial charge in [-0.2, -0.15) is 0 Å². The molecule has 5 aromatic carbocycles. The van der Waals surface area contributed by atoms with Gasteiger partial charge in [-0.1, -0.05) is 132 Å². The van der Waals surface area contributed by atoms with E-state index >= 15 is 0 Å². The maximum Gasteiger partial charge on any atom is 0.0385 e. The van der Waals surface area contributed by atoms with Crippen LogP contribution in [0.25, 0.3) is 44.8 Å². The molecule has 1 atom stereocenters. The fourth-order valence-electron chi connectivity index (χ4n) is 5.42. The SMILES string of the molecule is Cc1ccc(/C=C/c2ccc(-c3cc4cc5c(cc4s3)CC(c3ccc(/C=C/c4ccc(C)cc4)cc3)S5)cc2)cc1. The molecule has 42 heavy (non-hydrogen) atoms. The number of hydrogen-bond acceptors (Lipinski definition) is 2. The summed E-state index contributed by atoms with van der Waals surface area (Å²) in [4.78, 5) is 2.76. The van der Waals surface area contributed by atoms with Crippen molar-refractivity contribution in [1.82, 2.24) is 0 Å². The Balaban J connectivity index is 1.03. The highest BCUT2D eigenvalue weighted by Crippen LogP contribution is 2.49. The van der Waals surface area contributed by atoms with Crippen LogP contribution < -0.4 is 0 Å². The standard InChI is InChI=1S/C40H32S2/c1-27-3-7-29(8-4-27)11-13-31-15-19-33(20-16-31)37-23-35-25-40-36(26-39(35)41-37)24-38(42-40)34-21-17-32(18-22-34)14-12-30-9-5-28(2)6-10-30/h3-23,25-26,38H,24H2,1-2H3/b13-11+,14-12+. The third-order valence-electron chi connectivity index (χ3n) is 7.97. The summed E-state index contributed by atoms with van der Waals surface area (Å²) in [6, 6.07) is 42.5. The van der Waals surface area contributed by atoms with Crippen LogP contribution in [0.15, 0.2) is 120 Å². The van der Waals surface area contributed by atoms with Gasteiger partial charge in [-0.25, -0.2) is 0 Å². The average Bonchev–Trinajstić information content (AvgIpc) is 3.63. The largest absolute Gasteiger partial charge is 0.135 e. The van der Waals surface area contributed by atoms with Gasteiger partial charge >= 0.3 is 0 Å². The van der Waals surface area contributed by atoms with E-state index in [2.05, 4.69) is 153 Å². The van der Waals surface area contributed by atoms with E-state index in [0.29, 0.717) is 5.25 Å². The predicted molar refractivity (Wildman–Crippen MR) is 186 cm³/mol. The molecular weight excluding hydrogens is 545 g/mol. The molecule has 0 spiro atoms. The molecule has 7 rings (SSSR count). The smallest absolute Gasteiger partial charge is 0.0385 e. The van der Waals surface area contributed by atoms with E-state index in [0.717, 1.165) is 6.42 Å². The zero-order chi connectivity index (χ0) is 28.5. The van der Waals surface area contributed by atoms with E-state index in [1.54, 1.807) is 0 Å². The lowest BCUT2D eigenvalue weighted by Crippen LogP contribution is -1.92. The molecule has 2 heteroatoms. The molecule has 0 fully saturated rings. The molecule has 0 bridgehead atoms. The highest BCUT2D eigenvalue weighted by atomic mass is 32.2. The monoisotopic (exact) mass is 576 g/mol. The number of aryl methyl sites for hydroxylation is 2.